The van der Waals surface area contributed by atoms with Crippen molar-refractivity contribution in [1.29, 1.82) is 0 Å². The van der Waals surface area contributed by atoms with Gasteiger partial charge in [0.15, 0.2) is 0 Å². The molecule has 0 atom stereocenters. The molecule has 1 amide bonds. The lowest BCUT2D eigenvalue weighted by Crippen LogP contribution is -2.20. The van der Waals surface area contributed by atoms with E-state index < -0.39 is 23.2 Å². The van der Waals surface area contributed by atoms with Gasteiger partial charge in [-0.25, -0.2) is 0 Å². The quantitative estimate of drug-likeness (QED) is 0.942. The van der Waals surface area contributed by atoms with Gasteiger partial charge in [0.2, 0.25) is 0 Å². The van der Waals surface area contributed by atoms with E-state index in [9.17, 15) is 18.0 Å². The van der Waals surface area contributed by atoms with Crippen LogP contribution in [0.1, 0.15) is 34.1 Å². The molecule has 118 valence electrons. The second-order valence-corrected chi connectivity index (χ2v) is 4.89. The lowest BCUT2D eigenvalue weighted by atomic mass is 10.1. The Balaban J connectivity index is 2.37. The highest BCUT2D eigenvalue weighted by Crippen LogP contribution is 2.32. The molecule has 22 heavy (non-hydrogen) atoms. The first kappa shape index (κ1) is 16.1. The molecule has 0 aliphatic heterocycles. The lowest BCUT2D eigenvalue weighted by Gasteiger charge is -2.13. The molecule has 1 aromatic carbocycles. The first-order valence-electron chi connectivity index (χ1n) is 6.75. The van der Waals surface area contributed by atoms with Gasteiger partial charge in [-0.1, -0.05) is 19.1 Å². The van der Waals surface area contributed by atoms with Crippen LogP contribution in [-0.4, -0.2) is 15.7 Å². The molecule has 1 aromatic heterocycles. The highest BCUT2D eigenvalue weighted by molar-refractivity contribution is 6.05. The summed E-state index contributed by atoms with van der Waals surface area (Å²) in [6.45, 7) is 3.69. The molecule has 0 radical (unpaired) electrons. The van der Waals surface area contributed by atoms with Crippen molar-refractivity contribution in [1.82, 2.24) is 9.78 Å². The van der Waals surface area contributed by atoms with Crippen LogP contribution < -0.4 is 5.32 Å². The fraction of sp³-hybridized carbons (Fsp3) is 0.333. The normalized spacial score (nSPS) is 11.5. The van der Waals surface area contributed by atoms with Crippen LogP contribution in [0, 0.1) is 6.92 Å². The maximum absolute atomic E-state index is 13.0. The maximum atomic E-state index is 13.0. The third kappa shape index (κ3) is 2.98. The van der Waals surface area contributed by atoms with Gasteiger partial charge in [-0.3, -0.25) is 9.48 Å². The third-order valence-electron chi connectivity index (χ3n) is 3.43. The number of hydrogen-bond donors (Lipinski definition) is 1. The lowest BCUT2D eigenvalue weighted by molar-refractivity contribution is -0.137. The number of aryl methyl sites for hydroxylation is 2. The number of carbonyl (C=O) groups is 1. The minimum Gasteiger partial charge on any atom is -0.307 e. The monoisotopic (exact) mass is 311 g/mol. The minimum atomic E-state index is -4.58. The van der Waals surface area contributed by atoms with E-state index >= 15 is 0 Å². The zero-order chi connectivity index (χ0) is 16.5. The number of anilines is 1. The Bertz CT molecular complexity index is 705. The summed E-state index contributed by atoms with van der Waals surface area (Å²) in [6, 6.07) is 4.70. The Morgan fingerprint density at radius 3 is 2.50 bits per heavy atom. The van der Waals surface area contributed by atoms with Crippen molar-refractivity contribution in [3.05, 3.63) is 46.6 Å². The van der Waals surface area contributed by atoms with E-state index in [0.29, 0.717) is 12.2 Å². The van der Waals surface area contributed by atoms with E-state index in [2.05, 4.69) is 10.4 Å². The Hall–Kier alpha value is -2.31. The number of nitrogens with one attached hydrogen (secondary N) is 1. The van der Waals surface area contributed by atoms with Crippen LogP contribution in [0.25, 0.3) is 0 Å². The fourth-order valence-electron chi connectivity index (χ4n) is 2.30. The predicted molar refractivity (Wildman–Crippen MR) is 76.7 cm³/mol. The third-order valence-corrected chi connectivity index (χ3v) is 3.43. The van der Waals surface area contributed by atoms with Crippen molar-refractivity contribution in [3.8, 4) is 0 Å². The second kappa shape index (κ2) is 5.82. The molecule has 0 aliphatic carbocycles. The van der Waals surface area contributed by atoms with E-state index in [1.54, 1.807) is 14.0 Å². The van der Waals surface area contributed by atoms with Crippen molar-refractivity contribution in [2.75, 3.05) is 5.32 Å². The van der Waals surface area contributed by atoms with Gasteiger partial charge in [-0.2, -0.15) is 18.3 Å². The van der Waals surface area contributed by atoms with Crippen LogP contribution in [0.15, 0.2) is 24.3 Å². The number of benzene rings is 1. The average Bonchev–Trinajstić information content (AvgIpc) is 2.73. The van der Waals surface area contributed by atoms with Gasteiger partial charge in [0.1, 0.15) is 5.82 Å². The van der Waals surface area contributed by atoms with Crippen molar-refractivity contribution in [3.63, 3.8) is 0 Å². The summed E-state index contributed by atoms with van der Waals surface area (Å²) in [7, 11) is 1.64. The van der Waals surface area contributed by atoms with Gasteiger partial charge in [0.05, 0.1) is 16.8 Å². The molecule has 1 heterocycles. The Morgan fingerprint density at radius 1 is 1.32 bits per heavy atom. The smallest absolute Gasteiger partial charge is 0.307 e. The molecule has 0 saturated heterocycles. The van der Waals surface area contributed by atoms with Gasteiger partial charge in [0.25, 0.3) is 5.91 Å². The number of rotatable bonds is 3. The number of nitrogens with zero attached hydrogens (tertiary/aromatic N) is 2. The minimum absolute atomic E-state index is 0.402. The molecular weight excluding hydrogens is 295 g/mol. The number of halogens is 3. The van der Waals surface area contributed by atoms with E-state index in [0.717, 1.165) is 23.4 Å². The summed E-state index contributed by atoms with van der Waals surface area (Å²) in [5, 5.41) is 6.75. The van der Waals surface area contributed by atoms with Gasteiger partial charge < -0.3 is 5.32 Å². The fourth-order valence-corrected chi connectivity index (χ4v) is 2.30. The van der Waals surface area contributed by atoms with Crippen LogP contribution in [0.3, 0.4) is 0 Å². The first-order chi connectivity index (χ1) is 10.3. The van der Waals surface area contributed by atoms with E-state index in [4.69, 9.17) is 0 Å². The maximum Gasteiger partial charge on any atom is 0.417 e. The van der Waals surface area contributed by atoms with Crippen LogP contribution in [0.5, 0.6) is 0 Å². The molecular formula is C15H16F3N3O. The molecule has 1 N–H and O–H groups in total. The molecule has 0 fully saturated rings. The predicted octanol–water partition coefficient (Wildman–Crippen LogP) is 3.56. The Labute approximate surface area is 125 Å². The summed E-state index contributed by atoms with van der Waals surface area (Å²) in [4.78, 5) is 12.2. The van der Waals surface area contributed by atoms with Gasteiger partial charge in [-0.05, 0) is 25.5 Å². The molecule has 7 heteroatoms. The molecule has 2 aromatic rings. The molecule has 0 aliphatic rings. The number of aromatic nitrogens is 2. The van der Waals surface area contributed by atoms with E-state index in [1.807, 2.05) is 6.92 Å². The van der Waals surface area contributed by atoms with Crippen LogP contribution in [0.2, 0.25) is 0 Å². The molecule has 2 rings (SSSR count). The standard InChI is InChI=1S/C15H16F3N3O/c1-4-12-9(2)13(21(3)20-12)19-14(22)10-7-5-6-8-11(10)15(16,17)18/h5-8H,4H2,1-3H3,(H,19,22). The van der Waals surface area contributed by atoms with Crippen LogP contribution in [-0.2, 0) is 19.6 Å². The Kier molecular flexibility index (Phi) is 4.25. The van der Waals surface area contributed by atoms with Crippen molar-refractivity contribution >= 4 is 11.7 Å². The van der Waals surface area contributed by atoms with Crippen LogP contribution in [0.4, 0.5) is 19.0 Å². The topological polar surface area (TPSA) is 46.9 Å². The highest BCUT2D eigenvalue weighted by atomic mass is 19.4. The van der Waals surface area contributed by atoms with Crippen molar-refractivity contribution < 1.29 is 18.0 Å². The number of alkyl halides is 3. The van der Waals surface area contributed by atoms with E-state index in [-0.39, 0.29) is 0 Å². The number of carbonyl (C=O) groups excluding carboxylic acids is 1. The SMILES string of the molecule is CCc1nn(C)c(NC(=O)c2ccccc2C(F)(F)F)c1C. The molecule has 0 spiro atoms. The molecule has 0 bridgehead atoms. The second-order valence-electron chi connectivity index (χ2n) is 4.89. The zero-order valence-electron chi connectivity index (χ0n) is 12.5. The summed E-state index contributed by atoms with van der Waals surface area (Å²) in [6.07, 6.45) is -3.90. The largest absolute Gasteiger partial charge is 0.417 e. The first-order valence-corrected chi connectivity index (χ1v) is 6.75. The van der Waals surface area contributed by atoms with Gasteiger partial charge >= 0.3 is 6.18 Å². The van der Waals surface area contributed by atoms with Crippen molar-refractivity contribution in [2.45, 2.75) is 26.4 Å². The number of hydrogen-bond acceptors (Lipinski definition) is 2. The summed E-state index contributed by atoms with van der Waals surface area (Å²) in [5.74, 6) is -0.402. The molecule has 0 saturated carbocycles. The molecule has 4 nitrogen and oxygen atoms in total. The zero-order valence-corrected chi connectivity index (χ0v) is 12.5. The van der Waals surface area contributed by atoms with Crippen molar-refractivity contribution in [2.24, 2.45) is 7.05 Å². The summed E-state index contributed by atoms with van der Waals surface area (Å²) >= 11 is 0. The highest BCUT2D eigenvalue weighted by Gasteiger charge is 2.35. The van der Waals surface area contributed by atoms with Gasteiger partial charge in [-0.15, -0.1) is 0 Å². The van der Waals surface area contributed by atoms with Gasteiger partial charge in [0, 0.05) is 12.6 Å². The van der Waals surface area contributed by atoms with Crippen LogP contribution >= 0.6 is 0 Å². The summed E-state index contributed by atoms with van der Waals surface area (Å²) < 4.78 is 40.4. The molecule has 0 unspecified atom stereocenters. The Morgan fingerprint density at radius 2 is 1.95 bits per heavy atom. The summed E-state index contributed by atoms with van der Waals surface area (Å²) in [5.41, 5.74) is 0.182. The van der Waals surface area contributed by atoms with E-state index in [1.165, 1.54) is 16.8 Å². The number of amides is 1. The average molecular weight is 311 g/mol.